The van der Waals surface area contributed by atoms with E-state index in [9.17, 15) is 10.1 Å². The molecule has 1 N–H and O–H groups in total. The zero-order valence-corrected chi connectivity index (χ0v) is 16.9. The number of amides is 1. The van der Waals surface area contributed by atoms with Gasteiger partial charge in [-0.3, -0.25) is 4.79 Å². The van der Waals surface area contributed by atoms with Crippen LogP contribution in [-0.4, -0.2) is 5.91 Å². The highest BCUT2D eigenvalue weighted by Gasteiger charge is 2.13. The molecule has 0 fully saturated rings. The van der Waals surface area contributed by atoms with E-state index < -0.39 is 5.91 Å². The van der Waals surface area contributed by atoms with Crippen LogP contribution in [0.1, 0.15) is 17.1 Å². The van der Waals surface area contributed by atoms with Crippen molar-refractivity contribution in [3.63, 3.8) is 0 Å². The van der Waals surface area contributed by atoms with Gasteiger partial charge in [-0.25, -0.2) is 0 Å². The molecule has 29 heavy (non-hydrogen) atoms. The van der Waals surface area contributed by atoms with E-state index in [2.05, 4.69) is 5.32 Å². The zero-order chi connectivity index (χ0) is 20.8. The summed E-state index contributed by atoms with van der Waals surface area (Å²) in [7, 11) is 0. The number of para-hydroxylation sites is 1. The van der Waals surface area contributed by atoms with E-state index in [0.29, 0.717) is 33.0 Å². The molecule has 0 atom stereocenters. The molecule has 0 saturated heterocycles. The number of nitrogens with one attached hydrogen (secondary N) is 1. The standard InChI is InChI=1S/C22H16Cl2N2O3/c1-14-6-7-16(23)11-20(14)26-22(27)15(12-25)10-17-8-9-18(29-17)13-28-21-5-3-2-4-19(21)24/h2-11H,13H2,1H3,(H,26,27). The van der Waals surface area contributed by atoms with Gasteiger partial charge in [-0.1, -0.05) is 41.4 Å². The minimum Gasteiger partial charge on any atom is -0.484 e. The van der Waals surface area contributed by atoms with E-state index in [1.807, 2.05) is 25.1 Å². The minimum atomic E-state index is -0.553. The van der Waals surface area contributed by atoms with Crippen LogP contribution in [-0.2, 0) is 11.4 Å². The molecular weight excluding hydrogens is 411 g/mol. The van der Waals surface area contributed by atoms with Crippen molar-refractivity contribution in [2.24, 2.45) is 0 Å². The molecule has 5 nitrogen and oxygen atoms in total. The van der Waals surface area contributed by atoms with Crippen LogP contribution < -0.4 is 10.1 Å². The molecule has 0 bridgehead atoms. The van der Waals surface area contributed by atoms with Gasteiger partial charge in [0.2, 0.25) is 0 Å². The Morgan fingerprint density at radius 1 is 1.21 bits per heavy atom. The second-order valence-electron chi connectivity index (χ2n) is 6.11. The maximum absolute atomic E-state index is 12.4. The molecule has 7 heteroatoms. The summed E-state index contributed by atoms with van der Waals surface area (Å²) in [4.78, 5) is 12.4. The summed E-state index contributed by atoms with van der Waals surface area (Å²) >= 11 is 12.0. The van der Waals surface area contributed by atoms with Crippen LogP contribution in [0.2, 0.25) is 10.0 Å². The monoisotopic (exact) mass is 426 g/mol. The van der Waals surface area contributed by atoms with E-state index in [0.717, 1.165) is 5.56 Å². The third-order valence-electron chi connectivity index (χ3n) is 3.99. The second-order valence-corrected chi connectivity index (χ2v) is 6.95. The third-order valence-corrected chi connectivity index (χ3v) is 4.54. The highest BCUT2D eigenvalue weighted by molar-refractivity contribution is 6.32. The Balaban J connectivity index is 1.69. The van der Waals surface area contributed by atoms with E-state index >= 15 is 0 Å². The zero-order valence-electron chi connectivity index (χ0n) is 15.4. The number of hydrogen-bond acceptors (Lipinski definition) is 4. The Bertz CT molecular complexity index is 1110. The number of benzene rings is 2. The fourth-order valence-electron chi connectivity index (χ4n) is 2.47. The van der Waals surface area contributed by atoms with Crippen LogP contribution in [0.15, 0.2) is 64.6 Å². The average molecular weight is 427 g/mol. The number of anilines is 1. The van der Waals surface area contributed by atoms with Gasteiger partial charge in [0.05, 0.1) is 5.02 Å². The van der Waals surface area contributed by atoms with Crippen molar-refractivity contribution in [1.29, 1.82) is 5.26 Å². The maximum Gasteiger partial charge on any atom is 0.266 e. The molecule has 0 radical (unpaired) electrons. The summed E-state index contributed by atoms with van der Waals surface area (Å²) in [5.74, 6) is 0.872. The van der Waals surface area contributed by atoms with E-state index in [1.54, 1.807) is 42.5 Å². The van der Waals surface area contributed by atoms with Crippen molar-refractivity contribution in [2.45, 2.75) is 13.5 Å². The Labute approximate surface area is 178 Å². The van der Waals surface area contributed by atoms with Gasteiger partial charge in [-0.15, -0.1) is 0 Å². The molecule has 2 aromatic carbocycles. The van der Waals surface area contributed by atoms with Crippen molar-refractivity contribution in [2.75, 3.05) is 5.32 Å². The summed E-state index contributed by atoms with van der Waals surface area (Å²) < 4.78 is 11.2. The van der Waals surface area contributed by atoms with E-state index in [4.69, 9.17) is 32.4 Å². The highest BCUT2D eigenvalue weighted by atomic mass is 35.5. The molecule has 3 rings (SSSR count). The predicted octanol–water partition coefficient (Wildman–Crippen LogP) is 6.02. The predicted molar refractivity (Wildman–Crippen MR) is 113 cm³/mol. The van der Waals surface area contributed by atoms with E-state index in [1.165, 1.54) is 6.08 Å². The Morgan fingerprint density at radius 2 is 2.00 bits per heavy atom. The molecule has 0 spiro atoms. The van der Waals surface area contributed by atoms with Crippen LogP contribution in [0.3, 0.4) is 0 Å². The van der Waals surface area contributed by atoms with Crippen LogP contribution in [0.25, 0.3) is 6.08 Å². The molecule has 146 valence electrons. The Morgan fingerprint density at radius 3 is 2.76 bits per heavy atom. The van der Waals surface area contributed by atoms with Crippen LogP contribution in [0.4, 0.5) is 5.69 Å². The molecule has 1 heterocycles. The van der Waals surface area contributed by atoms with Gasteiger partial charge in [0.15, 0.2) is 0 Å². The van der Waals surface area contributed by atoms with Crippen molar-refractivity contribution in [3.8, 4) is 11.8 Å². The quantitative estimate of drug-likeness (QED) is 0.386. The second kappa shape index (κ2) is 9.33. The molecule has 0 aliphatic rings. The maximum atomic E-state index is 12.4. The number of carbonyl (C=O) groups is 1. The van der Waals surface area contributed by atoms with Gasteiger partial charge in [-0.05, 0) is 48.9 Å². The number of rotatable bonds is 6. The SMILES string of the molecule is Cc1ccc(Cl)cc1NC(=O)C(C#N)=Cc1ccc(COc2ccccc2Cl)o1. The summed E-state index contributed by atoms with van der Waals surface area (Å²) in [6, 6.07) is 17.5. The van der Waals surface area contributed by atoms with Crippen LogP contribution in [0.5, 0.6) is 5.75 Å². The summed E-state index contributed by atoms with van der Waals surface area (Å²) in [6.07, 6.45) is 1.37. The van der Waals surface area contributed by atoms with Crippen molar-refractivity contribution >= 4 is 40.9 Å². The first-order chi connectivity index (χ1) is 14.0. The first-order valence-electron chi connectivity index (χ1n) is 8.61. The Kier molecular flexibility index (Phi) is 6.61. The summed E-state index contributed by atoms with van der Waals surface area (Å²) in [6.45, 7) is 1.99. The summed E-state index contributed by atoms with van der Waals surface area (Å²) in [5.41, 5.74) is 1.27. The largest absolute Gasteiger partial charge is 0.484 e. The first kappa shape index (κ1) is 20.5. The molecule has 1 aromatic heterocycles. The number of hydrogen-bond donors (Lipinski definition) is 1. The van der Waals surface area contributed by atoms with Gasteiger partial charge in [0, 0.05) is 16.8 Å². The van der Waals surface area contributed by atoms with Gasteiger partial charge < -0.3 is 14.5 Å². The first-order valence-corrected chi connectivity index (χ1v) is 9.37. The van der Waals surface area contributed by atoms with Crippen molar-refractivity contribution in [3.05, 3.63) is 87.3 Å². The molecular formula is C22H16Cl2N2O3. The number of aryl methyl sites for hydroxylation is 1. The molecule has 0 aliphatic carbocycles. The lowest BCUT2D eigenvalue weighted by atomic mass is 10.1. The number of halogens is 2. The third kappa shape index (κ3) is 5.41. The fourth-order valence-corrected chi connectivity index (χ4v) is 2.83. The van der Waals surface area contributed by atoms with Gasteiger partial charge >= 0.3 is 0 Å². The molecule has 3 aromatic rings. The summed E-state index contributed by atoms with van der Waals surface area (Å²) in [5, 5.41) is 13.0. The lowest BCUT2D eigenvalue weighted by Crippen LogP contribution is -2.14. The lowest BCUT2D eigenvalue weighted by Gasteiger charge is -2.08. The topological polar surface area (TPSA) is 75.3 Å². The molecule has 0 unspecified atom stereocenters. The number of carbonyl (C=O) groups excluding carboxylic acids is 1. The smallest absolute Gasteiger partial charge is 0.266 e. The van der Waals surface area contributed by atoms with Crippen LogP contribution >= 0.6 is 23.2 Å². The average Bonchev–Trinajstić information content (AvgIpc) is 3.15. The normalized spacial score (nSPS) is 11.0. The van der Waals surface area contributed by atoms with Crippen molar-refractivity contribution < 1.29 is 13.9 Å². The Hall–Kier alpha value is -3.20. The van der Waals surface area contributed by atoms with E-state index in [-0.39, 0.29) is 12.2 Å². The van der Waals surface area contributed by atoms with Gasteiger partial charge in [-0.2, -0.15) is 5.26 Å². The van der Waals surface area contributed by atoms with Crippen molar-refractivity contribution in [1.82, 2.24) is 0 Å². The fraction of sp³-hybridized carbons (Fsp3) is 0.0909. The van der Waals surface area contributed by atoms with Gasteiger partial charge in [0.25, 0.3) is 5.91 Å². The van der Waals surface area contributed by atoms with Gasteiger partial charge in [0.1, 0.15) is 35.5 Å². The molecule has 0 aliphatic heterocycles. The molecule has 0 saturated carbocycles. The molecule has 1 amide bonds. The number of nitrogens with zero attached hydrogens (tertiary/aromatic N) is 1. The van der Waals surface area contributed by atoms with Crippen LogP contribution in [0, 0.1) is 18.3 Å². The lowest BCUT2D eigenvalue weighted by molar-refractivity contribution is -0.112. The number of ether oxygens (including phenoxy) is 1. The number of nitriles is 1. The highest BCUT2D eigenvalue weighted by Crippen LogP contribution is 2.25. The minimum absolute atomic E-state index is 0.0997. The number of furan rings is 1.